The van der Waals surface area contributed by atoms with Gasteiger partial charge in [0.05, 0.1) is 6.04 Å². The molecule has 35 heavy (non-hydrogen) atoms. The number of carbonyl (C=O) groups excluding carboxylic acids is 6. The minimum Gasteiger partial charge on any atom is -0.378 e. The van der Waals surface area contributed by atoms with Gasteiger partial charge in [0.25, 0.3) is 11.8 Å². The van der Waals surface area contributed by atoms with Gasteiger partial charge in [0.1, 0.15) is 24.2 Å². The Labute approximate surface area is 203 Å². The molecule has 3 rings (SSSR count). The van der Waals surface area contributed by atoms with Crippen molar-refractivity contribution >= 4 is 41.4 Å². The number of rotatable bonds is 8. The van der Waals surface area contributed by atoms with Gasteiger partial charge in [-0.15, -0.1) is 0 Å². The summed E-state index contributed by atoms with van der Waals surface area (Å²) in [7, 11) is 3.76. The molecular formula is C24H31N5O6. The summed E-state index contributed by atoms with van der Waals surface area (Å²) < 4.78 is 0. The molecule has 4 amide bonds. The Bertz CT molecular complexity index is 1010. The van der Waals surface area contributed by atoms with E-state index in [-0.39, 0.29) is 43.9 Å². The van der Waals surface area contributed by atoms with E-state index >= 15 is 0 Å². The van der Waals surface area contributed by atoms with E-state index in [0.29, 0.717) is 18.3 Å². The number of fused-ring (bicyclic) bond motifs is 1. The summed E-state index contributed by atoms with van der Waals surface area (Å²) in [5.74, 6) is -2.24. The maximum Gasteiger partial charge on any atom is 0.264 e. The van der Waals surface area contributed by atoms with Crippen molar-refractivity contribution in [3.63, 3.8) is 0 Å². The molecule has 2 N–H and O–H groups in total. The lowest BCUT2D eigenvalue weighted by molar-refractivity contribution is -0.176. The molecule has 2 heterocycles. The van der Waals surface area contributed by atoms with Crippen LogP contribution in [0, 0.1) is 0 Å². The van der Waals surface area contributed by atoms with Crippen LogP contribution in [0.3, 0.4) is 0 Å². The molecule has 0 spiro atoms. The molecular weight excluding hydrogens is 454 g/mol. The van der Waals surface area contributed by atoms with Crippen molar-refractivity contribution in [2.24, 2.45) is 0 Å². The summed E-state index contributed by atoms with van der Waals surface area (Å²) in [4.78, 5) is 76.7. The number of benzene rings is 1. The minimum absolute atomic E-state index is 0.0302. The van der Waals surface area contributed by atoms with Crippen molar-refractivity contribution < 1.29 is 28.8 Å². The van der Waals surface area contributed by atoms with Crippen molar-refractivity contribution in [2.75, 3.05) is 25.5 Å². The first-order chi connectivity index (χ1) is 16.6. The van der Waals surface area contributed by atoms with Gasteiger partial charge < -0.3 is 20.3 Å². The Hall–Kier alpha value is -3.76. The van der Waals surface area contributed by atoms with E-state index in [2.05, 4.69) is 10.6 Å². The van der Waals surface area contributed by atoms with Gasteiger partial charge >= 0.3 is 0 Å². The molecule has 1 aromatic rings. The fraction of sp³-hybridized carbons (Fsp3) is 0.500. The van der Waals surface area contributed by atoms with Crippen molar-refractivity contribution in [3.05, 3.63) is 29.8 Å². The van der Waals surface area contributed by atoms with Gasteiger partial charge in [-0.05, 0) is 50.5 Å². The average Bonchev–Trinajstić information content (AvgIpc) is 2.95. The Morgan fingerprint density at radius 3 is 2.43 bits per heavy atom. The first-order valence-corrected chi connectivity index (χ1v) is 11.6. The second kappa shape index (κ2) is 11.1. The second-order valence-corrected chi connectivity index (χ2v) is 9.02. The number of nitrogens with zero attached hydrogens (tertiary/aromatic N) is 3. The lowest BCUT2D eigenvalue weighted by Crippen LogP contribution is -2.64. The first kappa shape index (κ1) is 25.9. The van der Waals surface area contributed by atoms with Crippen LogP contribution in [0.4, 0.5) is 5.69 Å². The van der Waals surface area contributed by atoms with E-state index in [0.717, 1.165) is 10.7 Å². The number of amides is 4. The first-order valence-electron chi connectivity index (χ1n) is 11.6. The van der Waals surface area contributed by atoms with Gasteiger partial charge in [0, 0.05) is 44.7 Å². The van der Waals surface area contributed by atoms with Gasteiger partial charge in [0.15, 0.2) is 0 Å². The predicted octanol–water partition coefficient (Wildman–Crippen LogP) is 0.0422. The van der Waals surface area contributed by atoms with Crippen LogP contribution in [0.1, 0.15) is 49.4 Å². The molecule has 2 saturated heterocycles. The molecule has 11 heteroatoms. The van der Waals surface area contributed by atoms with Crippen molar-refractivity contribution in [1.29, 1.82) is 0 Å². The maximum absolute atomic E-state index is 13.5. The van der Waals surface area contributed by atoms with Gasteiger partial charge in [-0.1, -0.05) is 0 Å². The number of hydrogen-bond donors (Lipinski definition) is 2. The standard InChI is InChI=1S/C24H31N5O6/c1-15(31)13-17(14-30)25-23(34)20-5-4-12-28-21(32)11-10-19(24(35)29(20)28)26-22(33)16-6-8-18(9-7-16)27(2)3/h6-9,14,17,19-20H,4-5,10-13H2,1-3H3,(H,25,34)(H,26,33). The van der Waals surface area contributed by atoms with Gasteiger partial charge in [-0.25, -0.2) is 5.01 Å². The lowest BCUT2D eigenvalue weighted by atomic mass is 10.0. The quantitative estimate of drug-likeness (QED) is 0.496. The van der Waals surface area contributed by atoms with E-state index in [1.807, 2.05) is 19.0 Å². The Balaban J connectivity index is 1.79. The molecule has 2 aliphatic heterocycles. The zero-order chi connectivity index (χ0) is 25.7. The molecule has 0 aliphatic carbocycles. The maximum atomic E-state index is 13.5. The van der Waals surface area contributed by atoms with Crippen LogP contribution in [0.15, 0.2) is 24.3 Å². The summed E-state index contributed by atoms with van der Waals surface area (Å²) in [6.07, 6.45) is 1.20. The Morgan fingerprint density at radius 1 is 1.14 bits per heavy atom. The van der Waals surface area contributed by atoms with Crippen LogP contribution < -0.4 is 15.5 Å². The normalized spacial score (nSPS) is 20.9. The molecule has 3 unspecified atom stereocenters. The molecule has 0 bridgehead atoms. The number of Topliss-reactive ketones (excluding diaryl/α,β-unsaturated/α-hetero) is 1. The fourth-order valence-electron chi connectivity index (χ4n) is 4.28. The van der Waals surface area contributed by atoms with E-state index in [9.17, 15) is 28.8 Å². The van der Waals surface area contributed by atoms with Crippen LogP contribution >= 0.6 is 0 Å². The van der Waals surface area contributed by atoms with Crippen molar-refractivity contribution in [2.45, 2.75) is 57.2 Å². The smallest absolute Gasteiger partial charge is 0.264 e. The van der Waals surface area contributed by atoms with Crippen LogP contribution in [0.5, 0.6) is 0 Å². The highest BCUT2D eigenvalue weighted by atomic mass is 16.2. The summed E-state index contributed by atoms with van der Waals surface area (Å²) in [5.41, 5.74) is 1.27. The number of nitrogens with one attached hydrogen (secondary N) is 2. The van der Waals surface area contributed by atoms with E-state index in [4.69, 9.17) is 0 Å². The number of aldehydes is 1. The monoisotopic (exact) mass is 485 g/mol. The van der Waals surface area contributed by atoms with Crippen LogP contribution in [-0.2, 0) is 24.0 Å². The predicted molar refractivity (Wildman–Crippen MR) is 126 cm³/mol. The molecule has 0 radical (unpaired) electrons. The molecule has 0 aromatic heterocycles. The number of hydrogen-bond acceptors (Lipinski definition) is 7. The SMILES string of the molecule is CC(=O)CC(C=O)NC(=O)C1CCCN2C(=O)CCC(NC(=O)c3ccc(N(C)C)cc3)C(=O)N12. The number of anilines is 1. The zero-order valence-corrected chi connectivity index (χ0v) is 20.2. The third-order valence-corrected chi connectivity index (χ3v) is 6.11. The summed E-state index contributed by atoms with van der Waals surface area (Å²) in [5, 5.41) is 7.58. The van der Waals surface area contributed by atoms with Crippen LogP contribution in [-0.4, -0.2) is 84.5 Å². The molecule has 0 saturated carbocycles. The molecule has 1 aromatic carbocycles. The third-order valence-electron chi connectivity index (χ3n) is 6.11. The van der Waals surface area contributed by atoms with Gasteiger partial charge in [-0.3, -0.25) is 29.0 Å². The van der Waals surface area contributed by atoms with Gasteiger partial charge in [0.2, 0.25) is 11.8 Å². The van der Waals surface area contributed by atoms with E-state index < -0.39 is 35.8 Å². The molecule has 188 valence electrons. The highest BCUT2D eigenvalue weighted by molar-refractivity contribution is 6.00. The second-order valence-electron chi connectivity index (χ2n) is 9.02. The summed E-state index contributed by atoms with van der Waals surface area (Å²) >= 11 is 0. The highest BCUT2D eigenvalue weighted by Crippen LogP contribution is 2.25. The summed E-state index contributed by atoms with van der Waals surface area (Å²) in [6.45, 7) is 1.58. The van der Waals surface area contributed by atoms with Crippen molar-refractivity contribution in [1.82, 2.24) is 20.7 Å². The molecule has 3 atom stereocenters. The number of ketones is 1. The third kappa shape index (κ3) is 6.03. The molecule has 11 nitrogen and oxygen atoms in total. The number of hydrazine groups is 1. The zero-order valence-electron chi connectivity index (χ0n) is 20.2. The lowest BCUT2D eigenvalue weighted by Gasteiger charge is -2.43. The molecule has 2 fully saturated rings. The largest absolute Gasteiger partial charge is 0.378 e. The molecule has 2 aliphatic rings. The highest BCUT2D eigenvalue weighted by Gasteiger charge is 2.44. The average molecular weight is 486 g/mol. The van der Waals surface area contributed by atoms with Crippen molar-refractivity contribution in [3.8, 4) is 0 Å². The fourth-order valence-corrected chi connectivity index (χ4v) is 4.28. The topological polar surface area (TPSA) is 136 Å². The van der Waals surface area contributed by atoms with Crippen LogP contribution in [0.2, 0.25) is 0 Å². The Morgan fingerprint density at radius 2 is 1.83 bits per heavy atom. The van der Waals surface area contributed by atoms with Crippen LogP contribution in [0.25, 0.3) is 0 Å². The number of carbonyl (C=O) groups is 6. The van der Waals surface area contributed by atoms with E-state index in [1.54, 1.807) is 24.3 Å². The minimum atomic E-state index is -1.04. The van der Waals surface area contributed by atoms with E-state index in [1.165, 1.54) is 11.9 Å². The summed E-state index contributed by atoms with van der Waals surface area (Å²) in [6, 6.07) is 3.80. The Kier molecular flexibility index (Phi) is 8.21. The van der Waals surface area contributed by atoms with Gasteiger partial charge in [-0.2, -0.15) is 0 Å².